The Morgan fingerprint density at radius 1 is 0.694 bits per heavy atom. The molecule has 0 radical (unpaired) electrons. The number of benzene rings is 2. The Balaban J connectivity index is 1.20. The van der Waals surface area contributed by atoms with Crippen LogP contribution in [0.5, 0.6) is 0 Å². The minimum atomic E-state index is -3.78. The van der Waals surface area contributed by atoms with Crippen LogP contribution in [0.2, 0.25) is 0 Å². The molecule has 0 aliphatic heterocycles. The van der Waals surface area contributed by atoms with E-state index in [1.807, 2.05) is 0 Å². The topological polar surface area (TPSA) is 109 Å². The van der Waals surface area contributed by atoms with Crippen molar-refractivity contribution in [2.75, 3.05) is 5.75 Å². The fraction of sp³-hybridized carbons (Fsp3) is 0.571. The van der Waals surface area contributed by atoms with Gasteiger partial charge in [-0.2, -0.15) is 0 Å². The molecule has 6 aliphatic rings. The quantitative estimate of drug-likeness (QED) is 0.599. The van der Waals surface area contributed by atoms with Crippen LogP contribution in [0.1, 0.15) is 12.8 Å². The number of sulfone groups is 2. The number of hydrogen-bond donors (Lipinski definition) is 2. The van der Waals surface area contributed by atoms with Gasteiger partial charge in [-0.3, -0.25) is 0 Å². The van der Waals surface area contributed by atoms with E-state index < -0.39 is 36.6 Å². The first-order valence-corrected chi connectivity index (χ1v) is 16.3. The highest BCUT2D eigenvalue weighted by Crippen LogP contribution is 2.86. The fourth-order valence-corrected chi connectivity index (χ4v) is 15.2. The maximum Gasteiger partial charge on any atom is 0.184 e. The normalized spacial score (nSPS) is 48.9. The Morgan fingerprint density at radius 2 is 1.19 bits per heavy atom. The molecule has 0 spiro atoms. The first-order valence-electron chi connectivity index (χ1n) is 13.2. The maximum atomic E-state index is 14.3. The molecule has 2 aromatic carbocycles. The second-order valence-corrected chi connectivity index (χ2v) is 16.6. The molecule has 0 heterocycles. The lowest BCUT2D eigenvalue weighted by Gasteiger charge is -2.47. The Hall–Kier alpha value is -1.74. The zero-order valence-electron chi connectivity index (χ0n) is 19.7. The molecule has 36 heavy (non-hydrogen) atoms. The van der Waals surface area contributed by atoms with Gasteiger partial charge in [0.25, 0.3) is 0 Å². The lowest BCUT2D eigenvalue weighted by Crippen LogP contribution is -2.58. The molecule has 8 heteroatoms. The molecule has 6 aliphatic carbocycles. The van der Waals surface area contributed by atoms with Gasteiger partial charge in [0.2, 0.25) is 0 Å². The Labute approximate surface area is 211 Å². The summed E-state index contributed by atoms with van der Waals surface area (Å²) in [7, 11) is -7.25. The summed E-state index contributed by atoms with van der Waals surface area (Å²) in [6.45, 7) is 0. The number of hydrogen-bond acceptors (Lipinski definition) is 6. The SMILES string of the molecule is O=S(=O)(CCC1[C@@H]2[C@@H](O)[C@@H]3[C@H]4C5CC3(S(=O)(=O)c3ccccc3)[C@@H]3[C@@H](O)[C@H]1[C@H]([C@@H]53)[C@H]24)c1ccccc1. The van der Waals surface area contributed by atoms with Crippen LogP contribution in [-0.2, 0) is 19.7 Å². The molecule has 0 amide bonds. The molecule has 2 aromatic rings. The third-order valence-corrected chi connectivity index (χ3v) is 16.0. The van der Waals surface area contributed by atoms with Crippen LogP contribution in [0, 0.1) is 59.2 Å². The Bertz CT molecular complexity index is 1420. The highest BCUT2D eigenvalue weighted by Gasteiger charge is 2.90. The first kappa shape index (κ1) is 22.3. The highest BCUT2D eigenvalue weighted by molar-refractivity contribution is 7.93. The number of rotatable bonds is 6. The van der Waals surface area contributed by atoms with Crippen molar-refractivity contribution in [2.24, 2.45) is 59.2 Å². The van der Waals surface area contributed by atoms with Gasteiger partial charge in [0.1, 0.15) is 0 Å². The third kappa shape index (κ3) is 2.25. The first-order chi connectivity index (χ1) is 17.2. The van der Waals surface area contributed by atoms with E-state index in [0.717, 1.165) is 0 Å². The van der Waals surface area contributed by atoms with Gasteiger partial charge in [0.05, 0.1) is 32.5 Å². The van der Waals surface area contributed by atoms with E-state index in [0.29, 0.717) is 17.7 Å². The van der Waals surface area contributed by atoms with Crippen LogP contribution < -0.4 is 0 Å². The van der Waals surface area contributed by atoms with Gasteiger partial charge in [0.15, 0.2) is 19.7 Å². The van der Waals surface area contributed by atoms with E-state index in [-0.39, 0.29) is 69.8 Å². The van der Waals surface area contributed by atoms with Gasteiger partial charge < -0.3 is 10.2 Å². The van der Waals surface area contributed by atoms with Crippen molar-refractivity contribution in [2.45, 2.75) is 39.6 Å². The second kappa shape index (κ2) is 6.82. The van der Waals surface area contributed by atoms with E-state index in [9.17, 15) is 27.0 Å². The van der Waals surface area contributed by atoms with Crippen LogP contribution in [0.15, 0.2) is 70.5 Å². The second-order valence-electron chi connectivity index (χ2n) is 12.2. The molecule has 8 rings (SSSR count). The van der Waals surface area contributed by atoms with E-state index in [1.54, 1.807) is 60.7 Å². The monoisotopic (exact) mass is 526 g/mol. The van der Waals surface area contributed by atoms with Gasteiger partial charge in [-0.25, -0.2) is 16.8 Å². The molecular weight excluding hydrogens is 496 g/mol. The summed E-state index contributed by atoms with van der Waals surface area (Å²) in [5, 5.41) is 23.6. The minimum absolute atomic E-state index is 0.0187. The smallest absolute Gasteiger partial charge is 0.184 e. The molecular formula is C28H30O6S2. The van der Waals surface area contributed by atoms with Gasteiger partial charge in [-0.05, 0) is 84.5 Å². The molecule has 190 valence electrons. The minimum Gasteiger partial charge on any atom is -0.392 e. The summed E-state index contributed by atoms with van der Waals surface area (Å²) in [5.74, 6) is -0.160. The van der Waals surface area contributed by atoms with Crippen molar-refractivity contribution in [3.05, 3.63) is 60.7 Å². The molecule has 0 aromatic heterocycles. The van der Waals surface area contributed by atoms with E-state index in [2.05, 4.69) is 0 Å². The predicted octanol–water partition coefficient (Wildman–Crippen LogP) is 2.42. The largest absolute Gasteiger partial charge is 0.392 e. The molecule has 2 bridgehead atoms. The van der Waals surface area contributed by atoms with Crippen LogP contribution in [0.3, 0.4) is 0 Å². The van der Waals surface area contributed by atoms with Gasteiger partial charge >= 0.3 is 0 Å². The third-order valence-electron chi connectivity index (χ3n) is 11.6. The summed E-state index contributed by atoms with van der Waals surface area (Å²) in [6.07, 6.45) is -0.591. The van der Waals surface area contributed by atoms with Crippen LogP contribution in [0.4, 0.5) is 0 Å². The molecule has 2 N–H and O–H groups in total. The zero-order valence-corrected chi connectivity index (χ0v) is 21.3. The average molecular weight is 527 g/mol. The van der Waals surface area contributed by atoms with Crippen LogP contribution in [-0.4, -0.2) is 49.8 Å². The average Bonchev–Trinajstić information content (AvgIpc) is 3.66. The van der Waals surface area contributed by atoms with Gasteiger partial charge in [-0.15, -0.1) is 0 Å². The van der Waals surface area contributed by atoms with Crippen molar-refractivity contribution in [3.8, 4) is 0 Å². The van der Waals surface area contributed by atoms with Crippen molar-refractivity contribution in [1.29, 1.82) is 0 Å². The highest BCUT2D eigenvalue weighted by atomic mass is 32.2. The molecule has 0 saturated heterocycles. The molecule has 6 saturated carbocycles. The molecule has 3 unspecified atom stereocenters. The fourth-order valence-electron chi connectivity index (χ4n) is 11.2. The van der Waals surface area contributed by atoms with Gasteiger partial charge in [-0.1, -0.05) is 36.4 Å². The van der Waals surface area contributed by atoms with E-state index >= 15 is 0 Å². The summed E-state index contributed by atoms with van der Waals surface area (Å²) in [5.41, 5.74) is 0. The number of aliphatic hydroxyl groups excluding tert-OH is 2. The number of aliphatic hydroxyl groups is 2. The lowest BCUT2D eigenvalue weighted by molar-refractivity contribution is -0.0401. The zero-order chi connectivity index (χ0) is 24.8. The summed E-state index contributed by atoms with van der Waals surface area (Å²) in [4.78, 5) is 0.590. The Morgan fingerprint density at radius 3 is 1.72 bits per heavy atom. The van der Waals surface area contributed by atoms with E-state index in [1.165, 1.54) is 0 Å². The molecule has 13 atom stereocenters. The van der Waals surface area contributed by atoms with Crippen LogP contribution >= 0.6 is 0 Å². The summed E-state index contributed by atoms with van der Waals surface area (Å²) >= 11 is 0. The lowest BCUT2D eigenvalue weighted by atomic mass is 9.68. The van der Waals surface area contributed by atoms with Crippen LogP contribution in [0.25, 0.3) is 0 Å². The van der Waals surface area contributed by atoms with Gasteiger partial charge in [0, 0.05) is 11.8 Å². The maximum absolute atomic E-state index is 14.3. The summed E-state index contributed by atoms with van der Waals surface area (Å²) < 4.78 is 53.7. The molecule has 6 nitrogen and oxygen atoms in total. The standard InChI is InChI=1S/C28H30O6S2/c29-26-20-16(11-12-35(31,32)14-7-3-1-4-8-14)21-23-19-17-13-28(25(19)27(21)30,24(26)18(17)22(20)23)36(33,34)15-9-5-2-6-10-15/h1-10,16-27,29-30H,11-13H2/t16?,17?,18-,19+,20-,21+,22-,23-,24-,25-,26+,27-,28?/m0/s1. The van der Waals surface area contributed by atoms with Crippen molar-refractivity contribution >= 4 is 19.7 Å². The van der Waals surface area contributed by atoms with Crippen molar-refractivity contribution < 1.29 is 27.0 Å². The molecule has 6 fully saturated rings. The van der Waals surface area contributed by atoms with E-state index in [4.69, 9.17) is 0 Å². The van der Waals surface area contributed by atoms with Crippen molar-refractivity contribution in [1.82, 2.24) is 0 Å². The predicted molar refractivity (Wildman–Crippen MR) is 131 cm³/mol. The van der Waals surface area contributed by atoms with Crippen molar-refractivity contribution in [3.63, 3.8) is 0 Å². The Kier molecular flexibility index (Phi) is 4.22. The number of fused-ring (bicyclic) bond motifs is 3. The summed E-state index contributed by atoms with van der Waals surface area (Å²) in [6, 6.07) is 17.0.